The predicted molar refractivity (Wildman–Crippen MR) is 146 cm³/mol. The number of nitrogens with zero attached hydrogens (tertiary/aromatic N) is 2. The number of aromatic nitrogens is 1. The maximum Gasteiger partial charge on any atom is 0.252 e. The van der Waals surface area contributed by atoms with Gasteiger partial charge in [-0.05, 0) is 93.7 Å². The van der Waals surface area contributed by atoms with Crippen LogP contribution in [-0.2, 0) is 10.3 Å². The van der Waals surface area contributed by atoms with Crippen molar-refractivity contribution in [3.8, 4) is 0 Å². The maximum atomic E-state index is 14.0. The lowest BCUT2D eigenvalue weighted by molar-refractivity contribution is -0.139. The first-order valence-electron chi connectivity index (χ1n) is 12.9. The van der Waals surface area contributed by atoms with Crippen LogP contribution in [0.1, 0.15) is 48.5 Å². The van der Waals surface area contributed by atoms with E-state index < -0.39 is 5.54 Å². The molecular formula is C29H37ClN4O2. The third-order valence-corrected chi connectivity index (χ3v) is 8.22. The van der Waals surface area contributed by atoms with Gasteiger partial charge in [-0.2, -0.15) is 0 Å². The lowest BCUT2D eigenvalue weighted by Crippen LogP contribution is -2.57. The number of hydrogen-bond donors (Lipinski definition) is 2. The van der Waals surface area contributed by atoms with Crippen LogP contribution in [0.25, 0.3) is 10.9 Å². The second kappa shape index (κ2) is 11.1. The Bertz CT molecular complexity index is 1180. The molecule has 1 aromatic heterocycles. The van der Waals surface area contributed by atoms with Gasteiger partial charge in [0.15, 0.2) is 0 Å². The van der Waals surface area contributed by atoms with Crippen molar-refractivity contribution in [3.05, 3.63) is 71.9 Å². The van der Waals surface area contributed by atoms with Gasteiger partial charge in [0.05, 0.1) is 0 Å². The summed E-state index contributed by atoms with van der Waals surface area (Å²) in [7, 11) is 2.20. The fourth-order valence-corrected chi connectivity index (χ4v) is 5.90. The van der Waals surface area contributed by atoms with E-state index in [-0.39, 0.29) is 24.2 Å². The van der Waals surface area contributed by atoms with E-state index in [0.717, 1.165) is 48.3 Å². The van der Waals surface area contributed by atoms with E-state index >= 15 is 0 Å². The Hall–Kier alpha value is -2.83. The summed E-state index contributed by atoms with van der Waals surface area (Å²) in [5, 5.41) is 4.16. The Morgan fingerprint density at radius 2 is 1.56 bits per heavy atom. The molecule has 7 heteroatoms. The van der Waals surface area contributed by atoms with Gasteiger partial charge < -0.3 is 20.1 Å². The van der Waals surface area contributed by atoms with Crippen LogP contribution in [0.5, 0.6) is 0 Å². The third kappa shape index (κ3) is 5.30. The first-order valence-corrected chi connectivity index (χ1v) is 12.9. The van der Waals surface area contributed by atoms with Gasteiger partial charge in [0, 0.05) is 30.4 Å². The van der Waals surface area contributed by atoms with Crippen LogP contribution in [-0.4, -0.2) is 59.8 Å². The average molecular weight is 509 g/mol. The number of carbonyl (C=O) groups excluding carboxylic acids is 2. The van der Waals surface area contributed by atoms with E-state index in [9.17, 15) is 9.59 Å². The molecule has 192 valence electrons. The second-order valence-electron chi connectivity index (χ2n) is 10.5. The summed E-state index contributed by atoms with van der Waals surface area (Å²) in [4.78, 5) is 34.9. The molecule has 2 saturated heterocycles. The van der Waals surface area contributed by atoms with Crippen LogP contribution in [0.4, 0.5) is 0 Å². The molecule has 3 aromatic rings. The molecule has 2 N–H and O–H groups in total. The number of aromatic amines is 1. The molecule has 6 nitrogen and oxygen atoms in total. The monoisotopic (exact) mass is 508 g/mol. The number of piperidine rings is 2. The molecule has 3 heterocycles. The van der Waals surface area contributed by atoms with Gasteiger partial charge in [0.1, 0.15) is 5.54 Å². The molecule has 1 atom stereocenters. The van der Waals surface area contributed by atoms with Crippen molar-refractivity contribution >= 4 is 35.1 Å². The SMILES string of the molecule is CN1CCC(C2CCN(C(=O)[C@@](C)(NC(=O)c3ccc4cc[nH]c4c3)c3ccccc3)CC2)CC1.Cl. The van der Waals surface area contributed by atoms with E-state index in [1.54, 1.807) is 0 Å². The minimum Gasteiger partial charge on any atom is -0.361 e. The Morgan fingerprint density at radius 1 is 0.917 bits per heavy atom. The molecule has 0 spiro atoms. The summed E-state index contributed by atoms with van der Waals surface area (Å²) in [6.45, 7) is 5.70. The van der Waals surface area contributed by atoms with Gasteiger partial charge in [0.2, 0.25) is 0 Å². The van der Waals surface area contributed by atoms with Crippen molar-refractivity contribution < 1.29 is 9.59 Å². The summed E-state index contributed by atoms with van der Waals surface area (Å²) in [6.07, 6.45) is 6.47. The summed E-state index contributed by atoms with van der Waals surface area (Å²) < 4.78 is 0. The van der Waals surface area contributed by atoms with E-state index in [1.165, 1.54) is 25.9 Å². The number of hydrogen-bond acceptors (Lipinski definition) is 3. The molecule has 0 bridgehead atoms. The molecule has 2 amide bonds. The highest BCUT2D eigenvalue weighted by Crippen LogP contribution is 2.34. The van der Waals surface area contributed by atoms with Gasteiger partial charge in [-0.25, -0.2) is 0 Å². The van der Waals surface area contributed by atoms with Crippen molar-refractivity contribution in [2.45, 2.75) is 38.1 Å². The van der Waals surface area contributed by atoms with Crippen molar-refractivity contribution in [3.63, 3.8) is 0 Å². The minimum atomic E-state index is -1.14. The van der Waals surface area contributed by atoms with Gasteiger partial charge >= 0.3 is 0 Å². The van der Waals surface area contributed by atoms with Gasteiger partial charge in [-0.1, -0.05) is 36.4 Å². The molecule has 0 saturated carbocycles. The number of likely N-dealkylation sites (tertiary alicyclic amines) is 2. The molecule has 2 aromatic carbocycles. The van der Waals surface area contributed by atoms with E-state index in [0.29, 0.717) is 11.5 Å². The highest BCUT2D eigenvalue weighted by molar-refractivity contribution is 6.01. The lowest BCUT2D eigenvalue weighted by atomic mass is 9.78. The van der Waals surface area contributed by atoms with Crippen LogP contribution in [0.15, 0.2) is 60.8 Å². The van der Waals surface area contributed by atoms with Crippen molar-refractivity contribution in [2.75, 3.05) is 33.2 Å². The molecule has 2 aliphatic heterocycles. The van der Waals surface area contributed by atoms with Crippen LogP contribution in [0.2, 0.25) is 0 Å². The summed E-state index contributed by atoms with van der Waals surface area (Å²) in [5.41, 5.74) is 1.11. The molecule has 0 aliphatic carbocycles. The fraction of sp³-hybridized carbons (Fsp3) is 0.448. The zero-order chi connectivity index (χ0) is 24.4. The average Bonchev–Trinajstić information content (AvgIpc) is 3.37. The zero-order valence-corrected chi connectivity index (χ0v) is 22.0. The molecule has 5 rings (SSSR count). The number of H-pyrrole nitrogens is 1. The van der Waals surface area contributed by atoms with Crippen molar-refractivity contribution in [1.82, 2.24) is 20.1 Å². The normalized spacial score (nSPS) is 19.4. The molecular weight excluding hydrogens is 472 g/mol. The van der Waals surface area contributed by atoms with Crippen LogP contribution < -0.4 is 5.32 Å². The predicted octanol–water partition coefficient (Wildman–Crippen LogP) is 4.82. The molecule has 2 aliphatic rings. The number of fused-ring (bicyclic) bond motifs is 1. The summed E-state index contributed by atoms with van der Waals surface area (Å²) in [6, 6.07) is 17.2. The Kier molecular flexibility index (Phi) is 8.06. The van der Waals surface area contributed by atoms with E-state index in [1.807, 2.05) is 72.6 Å². The Labute approximate surface area is 219 Å². The Morgan fingerprint density at radius 3 is 2.22 bits per heavy atom. The lowest BCUT2D eigenvalue weighted by Gasteiger charge is -2.42. The molecule has 0 radical (unpaired) electrons. The number of nitrogens with one attached hydrogen (secondary N) is 2. The third-order valence-electron chi connectivity index (χ3n) is 8.22. The first-order chi connectivity index (χ1) is 16.9. The highest BCUT2D eigenvalue weighted by atomic mass is 35.5. The topological polar surface area (TPSA) is 68.4 Å². The second-order valence-corrected chi connectivity index (χ2v) is 10.5. The van der Waals surface area contributed by atoms with Crippen molar-refractivity contribution in [2.24, 2.45) is 11.8 Å². The minimum absolute atomic E-state index is 0. The number of carbonyl (C=O) groups is 2. The number of benzene rings is 2. The summed E-state index contributed by atoms with van der Waals surface area (Å²) >= 11 is 0. The maximum absolute atomic E-state index is 14.0. The fourth-order valence-electron chi connectivity index (χ4n) is 5.90. The van der Waals surface area contributed by atoms with Crippen LogP contribution in [0, 0.1) is 11.8 Å². The first kappa shape index (κ1) is 26.2. The smallest absolute Gasteiger partial charge is 0.252 e. The Balaban J connectivity index is 0.00000304. The molecule has 36 heavy (non-hydrogen) atoms. The van der Waals surface area contributed by atoms with E-state index in [2.05, 4.69) is 22.2 Å². The van der Waals surface area contributed by atoms with Gasteiger partial charge in [-0.15, -0.1) is 12.4 Å². The largest absolute Gasteiger partial charge is 0.361 e. The number of amides is 2. The molecule has 0 unspecified atom stereocenters. The van der Waals surface area contributed by atoms with Gasteiger partial charge in [-0.3, -0.25) is 9.59 Å². The number of halogens is 1. The zero-order valence-electron chi connectivity index (χ0n) is 21.2. The highest BCUT2D eigenvalue weighted by Gasteiger charge is 2.41. The van der Waals surface area contributed by atoms with Crippen LogP contribution >= 0.6 is 12.4 Å². The van der Waals surface area contributed by atoms with Crippen LogP contribution in [0.3, 0.4) is 0 Å². The van der Waals surface area contributed by atoms with E-state index in [4.69, 9.17) is 0 Å². The van der Waals surface area contributed by atoms with Gasteiger partial charge in [0.25, 0.3) is 11.8 Å². The molecule has 2 fully saturated rings. The standard InChI is InChI=1S/C29H36N4O2.ClH/c1-29(25-6-4-3-5-7-25,31-27(34)24-9-8-23-10-15-30-26(23)20-24)28(35)33-18-13-22(14-19-33)21-11-16-32(2)17-12-21;/h3-10,15,20-22,30H,11-14,16-19H2,1-2H3,(H,31,34);1H/t29-;/m0./s1. The number of rotatable bonds is 5. The summed E-state index contributed by atoms with van der Waals surface area (Å²) in [5.74, 6) is 1.19. The van der Waals surface area contributed by atoms with Crippen molar-refractivity contribution in [1.29, 1.82) is 0 Å². The quantitative estimate of drug-likeness (QED) is 0.519.